The smallest absolute Gasteiger partial charge is 0.136 e. The van der Waals surface area contributed by atoms with Gasteiger partial charge in [-0.1, -0.05) is 59.8 Å². The Morgan fingerprint density at radius 3 is 2.17 bits per heavy atom. The molecule has 2 heterocycles. The summed E-state index contributed by atoms with van der Waals surface area (Å²) in [7, 11) is 0. The lowest BCUT2D eigenvalue weighted by atomic mass is 10.0. The van der Waals surface area contributed by atoms with E-state index in [1.807, 2.05) is 36.4 Å². The fraction of sp³-hybridized carbons (Fsp3) is 0.0323. The summed E-state index contributed by atoms with van der Waals surface area (Å²) in [6.07, 6.45) is 0. The van der Waals surface area contributed by atoms with E-state index < -0.39 is 0 Å². The Labute approximate surface area is 207 Å². The van der Waals surface area contributed by atoms with Crippen LogP contribution in [0.4, 0.5) is 17.1 Å². The molecular weight excluding hydrogens is 450 g/mol. The molecule has 0 saturated heterocycles. The summed E-state index contributed by atoms with van der Waals surface area (Å²) in [4.78, 5) is 4.74. The molecule has 0 saturated carbocycles. The van der Waals surface area contributed by atoms with Crippen LogP contribution in [0.3, 0.4) is 0 Å². The number of furan rings is 1. The highest BCUT2D eigenvalue weighted by Crippen LogP contribution is 2.51. The average Bonchev–Trinajstić information content (AvgIpc) is 3.23. The van der Waals surface area contributed by atoms with Gasteiger partial charge in [-0.25, -0.2) is 0 Å². The lowest BCUT2D eigenvalue weighted by Gasteiger charge is -2.33. The summed E-state index contributed by atoms with van der Waals surface area (Å²) in [6.45, 7) is 2.06. The van der Waals surface area contributed by atoms with Gasteiger partial charge in [-0.3, -0.25) is 0 Å². The van der Waals surface area contributed by atoms with Crippen molar-refractivity contribution < 1.29 is 9.52 Å². The first-order valence-corrected chi connectivity index (χ1v) is 12.4. The molecule has 0 amide bonds. The highest BCUT2D eigenvalue weighted by molar-refractivity contribution is 7.99. The number of fused-ring (bicyclic) bond motifs is 5. The molecular formula is C31H21NO2S. The summed E-state index contributed by atoms with van der Waals surface area (Å²) in [5.41, 5.74) is 7.80. The molecule has 1 aliphatic rings. The van der Waals surface area contributed by atoms with Crippen LogP contribution in [0.15, 0.2) is 117 Å². The zero-order valence-corrected chi connectivity index (χ0v) is 19.8. The number of phenolic OH excluding ortho intramolecular Hbond substituents is 1. The minimum absolute atomic E-state index is 0.244. The first kappa shape index (κ1) is 20.2. The third-order valence-electron chi connectivity index (χ3n) is 6.59. The molecule has 1 N–H and O–H groups in total. The van der Waals surface area contributed by atoms with E-state index in [2.05, 4.69) is 78.6 Å². The molecule has 5 aromatic carbocycles. The van der Waals surface area contributed by atoms with Gasteiger partial charge in [-0.2, -0.15) is 0 Å². The van der Waals surface area contributed by atoms with Gasteiger partial charge in [0.25, 0.3) is 0 Å². The van der Waals surface area contributed by atoms with Crippen molar-refractivity contribution in [2.75, 3.05) is 4.90 Å². The molecule has 4 heteroatoms. The Morgan fingerprint density at radius 2 is 1.40 bits per heavy atom. The summed E-state index contributed by atoms with van der Waals surface area (Å²) in [5, 5.41) is 13.0. The SMILES string of the molecule is Cc1ccc2oc3cc(-c4cccc(N5c6ccccc6Sc6ccccc65)c4)c(O)cc3c2c1. The highest BCUT2D eigenvalue weighted by atomic mass is 32.2. The Hall–Kier alpha value is -4.15. The van der Waals surface area contributed by atoms with E-state index in [9.17, 15) is 5.11 Å². The van der Waals surface area contributed by atoms with E-state index in [1.165, 1.54) is 9.79 Å². The molecule has 0 atom stereocenters. The lowest BCUT2D eigenvalue weighted by molar-refractivity contribution is 0.478. The third-order valence-corrected chi connectivity index (χ3v) is 7.72. The summed E-state index contributed by atoms with van der Waals surface area (Å²) in [6, 6.07) is 35.2. The van der Waals surface area contributed by atoms with Crippen LogP contribution in [0.2, 0.25) is 0 Å². The molecule has 6 aromatic rings. The normalized spacial score (nSPS) is 12.7. The van der Waals surface area contributed by atoms with Crippen molar-refractivity contribution in [1.29, 1.82) is 0 Å². The number of anilines is 3. The Morgan fingerprint density at radius 1 is 0.686 bits per heavy atom. The highest BCUT2D eigenvalue weighted by Gasteiger charge is 2.24. The van der Waals surface area contributed by atoms with Gasteiger partial charge in [0, 0.05) is 31.8 Å². The third kappa shape index (κ3) is 3.22. The molecule has 7 rings (SSSR count). The molecule has 0 bridgehead atoms. The predicted molar refractivity (Wildman–Crippen MR) is 144 cm³/mol. The molecule has 168 valence electrons. The van der Waals surface area contributed by atoms with Gasteiger partial charge in [0.2, 0.25) is 0 Å². The monoisotopic (exact) mass is 471 g/mol. The van der Waals surface area contributed by atoms with Crippen molar-refractivity contribution in [3.8, 4) is 16.9 Å². The van der Waals surface area contributed by atoms with E-state index in [0.29, 0.717) is 0 Å². The van der Waals surface area contributed by atoms with Crippen molar-refractivity contribution in [3.05, 3.63) is 109 Å². The number of rotatable bonds is 2. The van der Waals surface area contributed by atoms with Crippen LogP contribution in [-0.2, 0) is 0 Å². The second kappa shape index (κ2) is 7.69. The van der Waals surface area contributed by atoms with Crippen LogP contribution in [0, 0.1) is 6.92 Å². The number of hydrogen-bond donors (Lipinski definition) is 1. The Kier molecular flexibility index (Phi) is 4.45. The second-order valence-electron chi connectivity index (χ2n) is 8.89. The minimum atomic E-state index is 0.244. The van der Waals surface area contributed by atoms with Gasteiger partial charge >= 0.3 is 0 Å². The van der Waals surface area contributed by atoms with Crippen LogP contribution in [0.25, 0.3) is 33.1 Å². The zero-order chi connectivity index (χ0) is 23.5. The summed E-state index contributed by atoms with van der Waals surface area (Å²) >= 11 is 1.79. The van der Waals surface area contributed by atoms with E-state index >= 15 is 0 Å². The van der Waals surface area contributed by atoms with Gasteiger partial charge in [-0.15, -0.1) is 0 Å². The van der Waals surface area contributed by atoms with Gasteiger partial charge in [0.05, 0.1) is 11.4 Å². The first-order chi connectivity index (χ1) is 17.2. The van der Waals surface area contributed by atoms with Crippen molar-refractivity contribution in [1.82, 2.24) is 0 Å². The molecule has 0 fully saturated rings. The fourth-order valence-electron chi connectivity index (χ4n) is 4.95. The number of para-hydroxylation sites is 2. The molecule has 0 radical (unpaired) electrons. The molecule has 1 aliphatic heterocycles. The van der Waals surface area contributed by atoms with Crippen LogP contribution in [-0.4, -0.2) is 5.11 Å². The summed E-state index contributed by atoms with van der Waals surface area (Å²) in [5.74, 6) is 0.244. The van der Waals surface area contributed by atoms with Gasteiger partial charge in [0.15, 0.2) is 0 Å². The fourth-order valence-corrected chi connectivity index (χ4v) is 6.01. The van der Waals surface area contributed by atoms with Crippen LogP contribution in [0.5, 0.6) is 5.75 Å². The lowest BCUT2D eigenvalue weighted by Crippen LogP contribution is -2.14. The molecule has 1 aromatic heterocycles. The number of hydrogen-bond acceptors (Lipinski definition) is 4. The first-order valence-electron chi connectivity index (χ1n) is 11.6. The van der Waals surface area contributed by atoms with Crippen LogP contribution < -0.4 is 4.90 Å². The maximum absolute atomic E-state index is 11.1. The topological polar surface area (TPSA) is 36.6 Å². The molecule has 0 spiro atoms. The van der Waals surface area contributed by atoms with Crippen molar-refractivity contribution >= 4 is 50.8 Å². The van der Waals surface area contributed by atoms with Gasteiger partial charge in [0.1, 0.15) is 16.9 Å². The molecule has 0 aliphatic carbocycles. The van der Waals surface area contributed by atoms with E-state index in [0.717, 1.165) is 55.7 Å². The van der Waals surface area contributed by atoms with Crippen molar-refractivity contribution in [2.24, 2.45) is 0 Å². The van der Waals surface area contributed by atoms with Crippen molar-refractivity contribution in [3.63, 3.8) is 0 Å². The van der Waals surface area contributed by atoms with E-state index in [4.69, 9.17) is 4.42 Å². The minimum Gasteiger partial charge on any atom is -0.507 e. The predicted octanol–water partition coefficient (Wildman–Crippen LogP) is 9.20. The average molecular weight is 472 g/mol. The second-order valence-corrected chi connectivity index (χ2v) is 9.97. The number of benzene rings is 5. The number of nitrogens with zero attached hydrogens (tertiary/aromatic N) is 1. The van der Waals surface area contributed by atoms with Crippen LogP contribution in [0.1, 0.15) is 5.56 Å². The van der Waals surface area contributed by atoms with Crippen LogP contribution >= 0.6 is 11.8 Å². The maximum Gasteiger partial charge on any atom is 0.136 e. The molecule has 35 heavy (non-hydrogen) atoms. The number of aromatic hydroxyl groups is 1. The van der Waals surface area contributed by atoms with E-state index in [1.54, 1.807) is 11.8 Å². The molecule has 0 unspecified atom stereocenters. The van der Waals surface area contributed by atoms with Gasteiger partial charge < -0.3 is 14.4 Å². The largest absolute Gasteiger partial charge is 0.507 e. The number of phenols is 1. The molecule has 3 nitrogen and oxygen atoms in total. The quantitative estimate of drug-likeness (QED) is 0.273. The Balaban J connectivity index is 1.40. The van der Waals surface area contributed by atoms with Crippen molar-refractivity contribution in [2.45, 2.75) is 16.7 Å². The summed E-state index contributed by atoms with van der Waals surface area (Å²) < 4.78 is 6.14. The number of aryl methyl sites for hydroxylation is 1. The zero-order valence-electron chi connectivity index (χ0n) is 19.0. The van der Waals surface area contributed by atoms with E-state index in [-0.39, 0.29) is 5.75 Å². The maximum atomic E-state index is 11.1. The Bertz CT molecular complexity index is 1720. The van der Waals surface area contributed by atoms with Gasteiger partial charge in [-0.05, 0) is 73.2 Å². The standard InChI is InChI=1S/C31H21NO2S/c1-19-13-14-28-23(15-19)24-17-27(33)22(18-29(24)34-28)20-7-6-8-21(16-20)32-25-9-2-4-11-30(25)35-31-12-5-3-10-26(31)32/h2-18,33H,1H3.